The average molecular weight is 569 g/mol. The van der Waals surface area contributed by atoms with Crippen LogP contribution in [-0.2, 0) is 21.1 Å². The van der Waals surface area contributed by atoms with E-state index in [0.29, 0.717) is 24.3 Å². The number of aryl methyl sites for hydroxylation is 1. The van der Waals surface area contributed by atoms with Crippen molar-refractivity contribution in [3.05, 3.63) is 78.6 Å². The van der Waals surface area contributed by atoms with Gasteiger partial charge in [0.25, 0.3) is 0 Å². The zero-order valence-corrected chi connectivity index (χ0v) is 23.4. The second-order valence-electron chi connectivity index (χ2n) is 9.93. The first-order valence-electron chi connectivity index (χ1n) is 13.5. The number of nitrogens with zero attached hydrogens (tertiary/aromatic N) is 1. The highest BCUT2D eigenvalue weighted by Crippen LogP contribution is 2.36. The summed E-state index contributed by atoms with van der Waals surface area (Å²) in [7, 11) is -2.42. The molecule has 1 aliphatic rings. The first-order valence-corrected chi connectivity index (χ1v) is 15.1. The summed E-state index contributed by atoms with van der Waals surface area (Å²) >= 11 is 0. The van der Waals surface area contributed by atoms with Crippen molar-refractivity contribution in [1.82, 2.24) is 10.5 Å². The molecule has 9 nitrogen and oxygen atoms in total. The van der Waals surface area contributed by atoms with Gasteiger partial charge in [-0.2, -0.15) is 0 Å². The van der Waals surface area contributed by atoms with E-state index in [-0.39, 0.29) is 29.9 Å². The third-order valence-electron chi connectivity index (χ3n) is 7.11. The molecule has 3 atom stereocenters. The molecule has 0 radical (unpaired) electrons. The summed E-state index contributed by atoms with van der Waals surface area (Å²) in [5.41, 5.74) is 2.74. The van der Waals surface area contributed by atoms with Crippen LogP contribution in [0.15, 0.2) is 78.0 Å². The molecule has 0 spiro atoms. The summed E-state index contributed by atoms with van der Waals surface area (Å²) < 4.78 is 45.1. The van der Waals surface area contributed by atoms with Crippen molar-refractivity contribution in [2.75, 3.05) is 7.11 Å². The smallest absolute Gasteiger partial charge is 0.244 e. The summed E-state index contributed by atoms with van der Waals surface area (Å²) in [6, 6.07) is 18.1. The number of methoxy groups -OCH3 is 1. The number of carbonyl (C=O) groups is 1. The van der Waals surface area contributed by atoms with Crippen LogP contribution < -0.4 is 19.7 Å². The summed E-state index contributed by atoms with van der Waals surface area (Å²) in [4.78, 5) is 16.1. The fourth-order valence-electron chi connectivity index (χ4n) is 4.99. The van der Waals surface area contributed by atoms with Crippen LogP contribution >= 0.6 is 0 Å². The molecule has 1 unspecified atom stereocenters. The van der Waals surface area contributed by atoms with Gasteiger partial charge in [-0.25, -0.2) is 13.9 Å². The van der Waals surface area contributed by atoms with Crippen LogP contribution in [0, 0.1) is 0 Å². The van der Waals surface area contributed by atoms with Crippen LogP contribution in [0.5, 0.6) is 17.2 Å². The van der Waals surface area contributed by atoms with Crippen LogP contribution in [-0.4, -0.2) is 49.1 Å². The Morgan fingerprint density at radius 2 is 1.73 bits per heavy atom. The summed E-state index contributed by atoms with van der Waals surface area (Å²) in [5.74, 6) is 0.749. The molecule has 1 aromatic heterocycles. The van der Waals surface area contributed by atoms with Crippen LogP contribution in [0.4, 0.5) is 0 Å². The van der Waals surface area contributed by atoms with E-state index >= 15 is 0 Å². The lowest BCUT2D eigenvalue weighted by Gasteiger charge is -2.20. The lowest BCUT2D eigenvalue weighted by atomic mass is 10.1. The van der Waals surface area contributed by atoms with Gasteiger partial charge in [0.1, 0.15) is 18.0 Å². The number of rotatable bonds is 14. The van der Waals surface area contributed by atoms with Gasteiger partial charge in [-0.15, -0.1) is 0 Å². The van der Waals surface area contributed by atoms with Crippen molar-refractivity contribution in [3.63, 3.8) is 0 Å². The monoisotopic (exact) mass is 568 g/mol. The Balaban J connectivity index is 1.44. The largest absolute Gasteiger partial charge is 0.493 e. The molecule has 0 saturated heterocycles. The number of pyridine rings is 1. The molecular weight excluding hydrogens is 532 g/mol. The number of carbonyl (C=O) groups excluding carboxylic acids is 1. The molecule has 3 aromatic rings. The third-order valence-corrected chi connectivity index (χ3v) is 9.30. The average Bonchev–Trinajstić information content (AvgIpc) is 3.41. The molecule has 2 aromatic carbocycles. The molecule has 1 amide bonds. The molecule has 4 rings (SSSR count). The quantitative estimate of drug-likeness (QED) is 0.160. The van der Waals surface area contributed by atoms with E-state index in [9.17, 15) is 13.2 Å². The zero-order valence-electron chi connectivity index (χ0n) is 22.6. The van der Waals surface area contributed by atoms with Crippen LogP contribution in [0.1, 0.15) is 50.5 Å². The highest BCUT2D eigenvalue weighted by Gasteiger charge is 2.32. The maximum Gasteiger partial charge on any atom is 0.244 e. The summed E-state index contributed by atoms with van der Waals surface area (Å²) in [5, 5.41) is 8.08. The molecular formula is C30H36N2O7S. The van der Waals surface area contributed by atoms with E-state index < -0.39 is 21.0 Å². The van der Waals surface area contributed by atoms with E-state index in [4.69, 9.17) is 19.4 Å². The van der Waals surface area contributed by atoms with Crippen LogP contribution in [0.25, 0.3) is 0 Å². The SMILES string of the molecule is COc1ccc(S(=O)(=O)C(CCCCc2ccccc2)CC(=O)NO)cc1O[C@H]1CC[C@H](Oc2ccncc2)C1. The Bertz CT molecular complexity index is 1340. The second-order valence-corrected chi connectivity index (χ2v) is 12.2. The van der Waals surface area contributed by atoms with Gasteiger partial charge in [0.2, 0.25) is 5.91 Å². The number of benzene rings is 2. The van der Waals surface area contributed by atoms with Gasteiger partial charge in [-0.1, -0.05) is 36.8 Å². The van der Waals surface area contributed by atoms with E-state index in [1.807, 2.05) is 30.3 Å². The number of amides is 1. The fraction of sp³-hybridized carbons (Fsp3) is 0.400. The molecule has 10 heteroatoms. The van der Waals surface area contributed by atoms with Gasteiger partial charge in [0.05, 0.1) is 17.3 Å². The van der Waals surface area contributed by atoms with Crippen molar-refractivity contribution in [3.8, 4) is 17.2 Å². The Kier molecular flexibility index (Phi) is 10.4. The Labute approximate surface area is 235 Å². The lowest BCUT2D eigenvalue weighted by Crippen LogP contribution is -2.30. The molecule has 2 N–H and O–H groups in total. The topological polar surface area (TPSA) is 124 Å². The number of hydrogen-bond donors (Lipinski definition) is 2. The van der Waals surface area contributed by atoms with E-state index in [2.05, 4.69) is 4.98 Å². The molecule has 214 valence electrons. The van der Waals surface area contributed by atoms with E-state index in [1.54, 1.807) is 36.1 Å². The molecule has 1 aliphatic carbocycles. The number of unbranched alkanes of at least 4 members (excludes halogenated alkanes) is 1. The first kappa shape index (κ1) is 29.4. The zero-order chi connectivity index (χ0) is 28.4. The van der Waals surface area contributed by atoms with Gasteiger partial charge in [0.15, 0.2) is 21.3 Å². The number of aromatic nitrogens is 1. The van der Waals surface area contributed by atoms with E-state index in [1.165, 1.54) is 24.8 Å². The van der Waals surface area contributed by atoms with Crippen molar-refractivity contribution >= 4 is 15.7 Å². The van der Waals surface area contributed by atoms with Gasteiger partial charge in [0, 0.05) is 31.3 Å². The highest BCUT2D eigenvalue weighted by atomic mass is 32.2. The van der Waals surface area contributed by atoms with E-state index in [0.717, 1.165) is 31.4 Å². The van der Waals surface area contributed by atoms with Crippen molar-refractivity contribution < 1.29 is 32.6 Å². The third kappa shape index (κ3) is 7.95. The predicted octanol–water partition coefficient (Wildman–Crippen LogP) is 4.92. The maximum absolute atomic E-state index is 13.7. The molecule has 1 saturated carbocycles. The Hall–Kier alpha value is -3.63. The molecule has 1 fully saturated rings. The van der Waals surface area contributed by atoms with Crippen molar-refractivity contribution in [1.29, 1.82) is 0 Å². The minimum Gasteiger partial charge on any atom is -0.493 e. The second kappa shape index (κ2) is 14.1. The highest BCUT2D eigenvalue weighted by molar-refractivity contribution is 7.92. The van der Waals surface area contributed by atoms with Crippen molar-refractivity contribution in [2.45, 2.75) is 73.7 Å². The van der Waals surface area contributed by atoms with Crippen molar-refractivity contribution in [2.24, 2.45) is 0 Å². The molecule has 40 heavy (non-hydrogen) atoms. The summed E-state index contributed by atoms with van der Waals surface area (Å²) in [6.07, 6.45) is 7.48. The van der Waals surface area contributed by atoms with Crippen LogP contribution in [0.2, 0.25) is 0 Å². The number of nitrogens with one attached hydrogen (secondary N) is 1. The van der Waals surface area contributed by atoms with Gasteiger partial charge in [-0.3, -0.25) is 15.0 Å². The fourth-order valence-corrected chi connectivity index (χ4v) is 6.75. The minimum atomic E-state index is -3.92. The van der Waals surface area contributed by atoms with Gasteiger partial charge in [-0.05, 0) is 61.9 Å². The first-order chi connectivity index (χ1) is 19.4. The van der Waals surface area contributed by atoms with Gasteiger partial charge >= 0.3 is 0 Å². The van der Waals surface area contributed by atoms with Gasteiger partial charge < -0.3 is 14.2 Å². The minimum absolute atomic E-state index is 0.0254. The number of hydroxylamine groups is 1. The number of ether oxygens (including phenoxy) is 3. The molecule has 0 bridgehead atoms. The number of sulfone groups is 1. The lowest BCUT2D eigenvalue weighted by molar-refractivity contribution is -0.129. The summed E-state index contributed by atoms with van der Waals surface area (Å²) in [6.45, 7) is 0. The maximum atomic E-state index is 13.7. The Morgan fingerprint density at radius 3 is 2.42 bits per heavy atom. The number of hydrogen-bond acceptors (Lipinski definition) is 8. The Morgan fingerprint density at radius 1 is 1.00 bits per heavy atom. The normalized spacial score (nSPS) is 17.6. The molecule has 0 aliphatic heterocycles. The standard InChI is InChI=1S/C30H36N2O7S/c1-37-28-14-13-27(20-29(28)39-25-12-11-24(19-25)38-23-15-17-31-18-16-23)40(35,36)26(21-30(33)32-34)10-6-5-9-22-7-3-2-4-8-22/h2-4,7-8,13-18,20,24-26,34H,5-6,9-12,19,21H2,1H3,(H,32,33)/t24-,25-,26?/m0/s1. The predicted molar refractivity (Wildman–Crippen MR) is 149 cm³/mol. The van der Waals surface area contributed by atoms with Crippen LogP contribution in [0.3, 0.4) is 0 Å². The molecule has 1 heterocycles.